The van der Waals surface area contributed by atoms with Gasteiger partial charge in [0.25, 0.3) is 0 Å². The Labute approximate surface area is 180 Å². The highest BCUT2D eigenvalue weighted by Gasteiger charge is 2.30. The predicted molar refractivity (Wildman–Crippen MR) is 112 cm³/mol. The van der Waals surface area contributed by atoms with Gasteiger partial charge in [0.05, 0.1) is 6.61 Å². The number of aromatic nitrogens is 2. The van der Waals surface area contributed by atoms with Crippen molar-refractivity contribution in [3.8, 4) is 5.75 Å². The zero-order chi connectivity index (χ0) is 22.6. The molecule has 1 N–H and O–H groups in total. The van der Waals surface area contributed by atoms with E-state index in [0.29, 0.717) is 31.2 Å². The molecule has 2 aromatic rings. The summed E-state index contributed by atoms with van der Waals surface area (Å²) in [5.74, 6) is 0.0407. The fraction of sp³-hybridized carbons (Fsp3) is 0.474. The van der Waals surface area contributed by atoms with Crippen molar-refractivity contribution in [3.05, 3.63) is 40.3 Å². The van der Waals surface area contributed by atoms with Gasteiger partial charge in [-0.2, -0.15) is 4.31 Å². The number of ether oxygens (including phenoxy) is 1. The Morgan fingerprint density at radius 1 is 1.32 bits per heavy atom. The van der Waals surface area contributed by atoms with Crippen LogP contribution >= 0.6 is 0 Å². The maximum Gasteiger partial charge on any atom is 0.381 e. The minimum Gasteiger partial charge on any atom is -0.492 e. The molecular weight excluding hydrogens is 426 g/mol. The lowest BCUT2D eigenvalue weighted by atomic mass is 10.3. The predicted octanol–water partition coefficient (Wildman–Crippen LogP) is 2.31. The van der Waals surface area contributed by atoms with E-state index in [4.69, 9.17) is 4.74 Å². The largest absolute Gasteiger partial charge is 0.492 e. The minimum atomic E-state index is -3.74. The fourth-order valence-corrected chi connectivity index (χ4v) is 5.06. The van der Waals surface area contributed by atoms with Crippen LogP contribution in [0.2, 0.25) is 0 Å². The van der Waals surface area contributed by atoms with Crippen molar-refractivity contribution in [2.24, 2.45) is 0 Å². The summed E-state index contributed by atoms with van der Waals surface area (Å²) < 4.78 is 34.5. The smallest absolute Gasteiger partial charge is 0.381 e. The Balaban J connectivity index is 1.74. The Morgan fingerprint density at radius 3 is 2.65 bits per heavy atom. The molecule has 12 heteroatoms. The van der Waals surface area contributed by atoms with Crippen LogP contribution in [0.5, 0.6) is 5.75 Å². The monoisotopic (exact) mass is 451 g/mol. The third-order valence-electron chi connectivity index (χ3n) is 4.94. The van der Waals surface area contributed by atoms with Crippen LogP contribution < -0.4 is 10.1 Å². The number of sulfonamides is 1. The number of nitrogens with zero attached hydrogens (tertiary/aromatic N) is 4. The zero-order valence-electron chi connectivity index (χ0n) is 17.4. The van der Waals surface area contributed by atoms with E-state index in [1.165, 1.54) is 27.2 Å². The highest BCUT2D eigenvalue weighted by atomic mass is 32.2. The molecule has 31 heavy (non-hydrogen) atoms. The Hall–Kier alpha value is -2.99. The van der Waals surface area contributed by atoms with Crippen LogP contribution in [0, 0.1) is 17.0 Å². The number of aryl methyl sites for hydroxylation is 2. The molecule has 1 aliphatic heterocycles. The summed E-state index contributed by atoms with van der Waals surface area (Å²) in [7, 11) is -3.74. The standard InChI is InChI=1S/C19H25N5O6S/c1-3-30-16-7-6-15(12-17(16)31(28,29)23-9-4-5-10-23)21-19(25)8-11-22-13-18(24(26)27)20-14(22)2/h6-7,12-13H,3-5,8-11H2,1-2H3,(H,21,25). The second-order valence-corrected chi connectivity index (χ2v) is 9.01. The van der Waals surface area contributed by atoms with Crippen molar-refractivity contribution in [2.45, 2.75) is 44.6 Å². The van der Waals surface area contributed by atoms with E-state index in [0.717, 1.165) is 12.8 Å². The molecule has 0 bridgehead atoms. The molecule has 2 heterocycles. The molecule has 0 saturated carbocycles. The average Bonchev–Trinajstić information content (AvgIpc) is 3.38. The van der Waals surface area contributed by atoms with Gasteiger partial charge in [-0.3, -0.25) is 4.79 Å². The Morgan fingerprint density at radius 2 is 2.03 bits per heavy atom. The number of hydrogen-bond acceptors (Lipinski definition) is 7. The maximum atomic E-state index is 13.0. The first-order chi connectivity index (χ1) is 14.7. The number of nitrogens with one attached hydrogen (secondary N) is 1. The van der Waals surface area contributed by atoms with Crippen LogP contribution in [0.15, 0.2) is 29.3 Å². The number of carbonyl (C=O) groups excluding carboxylic acids is 1. The van der Waals surface area contributed by atoms with Crippen molar-refractivity contribution in [1.82, 2.24) is 13.9 Å². The second-order valence-electron chi connectivity index (χ2n) is 7.10. The van der Waals surface area contributed by atoms with E-state index in [1.54, 1.807) is 19.9 Å². The van der Waals surface area contributed by atoms with Crippen molar-refractivity contribution >= 4 is 27.4 Å². The van der Waals surface area contributed by atoms with Crippen molar-refractivity contribution in [2.75, 3.05) is 25.0 Å². The summed E-state index contributed by atoms with van der Waals surface area (Å²) in [5, 5.41) is 13.5. The number of imidazole rings is 1. The summed E-state index contributed by atoms with van der Waals surface area (Å²) in [6.07, 6.45) is 2.94. The number of hydrogen-bond donors (Lipinski definition) is 1. The van der Waals surface area contributed by atoms with E-state index >= 15 is 0 Å². The number of anilines is 1. The van der Waals surface area contributed by atoms with Gasteiger partial charge >= 0.3 is 5.82 Å². The van der Waals surface area contributed by atoms with Crippen LogP contribution in [0.3, 0.4) is 0 Å². The summed E-state index contributed by atoms with van der Waals surface area (Å²) in [5.41, 5.74) is 0.333. The van der Waals surface area contributed by atoms with E-state index in [2.05, 4.69) is 10.3 Å². The molecule has 1 amide bonds. The lowest BCUT2D eigenvalue weighted by Crippen LogP contribution is -2.28. The molecule has 1 aromatic carbocycles. The third kappa shape index (κ3) is 5.20. The number of nitro groups is 1. The molecule has 3 rings (SSSR count). The van der Waals surface area contributed by atoms with Crippen molar-refractivity contribution in [1.29, 1.82) is 0 Å². The second kappa shape index (κ2) is 9.43. The quantitative estimate of drug-likeness (QED) is 0.456. The molecule has 1 fully saturated rings. The number of rotatable bonds is 9. The van der Waals surface area contributed by atoms with E-state index in [1.807, 2.05) is 0 Å². The molecule has 1 aliphatic rings. The molecule has 0 unspecified atom stereocenters. The topological polar surface area (TPSA) is 137 Å². The summed E-state index contributed by atoms with van der Waals surface area (Å²) >= 11 is 0. The van der Waals surface area contributed by atoms with Gasteiger partial charge in [-0.25, -0.2) is 8.42 Å². The lowest BCUT2D eigenvalue weighted by Gasteiger charge is -2.19. The maximum absolute atomic E-state index is 13.0. The van der Waals surface area contributed by atoms with Gasteiger partial charge in [-0.1, -0.05) is 0 Å². The average molecular weight is 452 g/mol. The van der Waals surface area contributed by atoms with Gasteiger partial charge in [0.2, 0.25) is 21.8 Å². The molecule has 0 aliphatic carbocycles. The number of amides is 1. The van der Waals surface area contributed by atoms with Crippen molar-refractivity contribution in [3.63, 3.8) is 0 Å². The van der Waals surface area contributed by atoms with Crippen LogP contribution in [0.4, 0.5) is 11.5 Å². The Bertz CT molecular complexity index is 1080. The van der Waals surface area contributed by atoms with Gasteiger partial charge in [-0.15, -0.1) is 0 Å². The van der Waals surface area contributed by atoms with Crippen molar-refractivity contribution < 1.29 is 22.9 Å². The van der Waals surface area contributed by atoms with Gasteiger partial charge in [-0.05, 0) is 47.9 Å². The fourth-order valence-electron chi connectivity index (χ4n) is 3.38. The van der Waals surface area contributed by atoms with Gasteiger partial charge in [0.15, 0.2) is 0 Å². The minimum absolute atomic E-state index is 0.0233. The van der Waals surface area contributed by atoms with Crippen LogP contribution in [-0.2, 0) is 21.4 Å². The summed E-state index contributed by atoms with van der Waals surface area (Å²) in [6, 6.07) is 4.52. The lowest BCUT2D eigenvalue weighted by molar-refractivity contribution is -0.389. The van der Waals surface area contributed by atoms with E-state index in [9.17, 15) is 23.3 Å². The number of benzene rings is 1. The van der Waals surface area contributed by atoms with Crippen LogP contribution in [-0.4, -0.2) is 52.8 Å². The first-order valence-corrected chi connectivity index (χ1v) is 11.4. The molecule has 1 saturated heterocycles. The molecule has 0 spiro atoms. The zero-order valence-corrected chi connectivity index (χ0v) is 18.2. The molecule has 0 radical (unpaired) electrons. The normalized spacial score (nSPS) is 14.5. The highest BCUT2D eigenvalue weighted by molar-refractivity contribution is 7.89. The molecule has 1 aromatic heterocycles. The summed E-state index contributed by atoms with van der Waals surface area (Å²) in [4.78, 5) is 26.5. The van der Waals surface area contributed by atoms with E-state index < -0.39 is 14.9 Å². The summed E-state index contributed by atoms with van der Waals surface area (Å²) in [6.45, 7) is 4.82. The van der Waals surface area contributed by atoms with E-state index in [-0.39, 0.29) is 35.3 Å². The van der Waals surface area contributed by atoms with Gasteiger partial charge in [0.1, 0.15) is 16.8 Å². The molecular formula is C19H25N5O6S. The molecule has 11 nitrogen and oxygen atoms in total. The first kappa shape index (κ1) is 22.7. The Kier molecular flexibility index (Phi) is 6.91. The molecule has 0 atom stereocenters. The van der Waals surface area contributed by atoms with Gasteiger partial charge in [0, 0.05) is 38.7 Å². The van der Waals surface area contributed by atoms with Crippen LogP contribution in [0.1, 0.15) is 32.0 Å². The van der Waals surface area contributed by atoms with Gasteiger partial charge < -0.3 is 24.7 Å². The number of carbonyl (C=O) groups is 1. The third-order valence-corrected chi connectivity index (χ3v) is 6.86. The SMILES string of the molecule is CCOc1ccc(NC(=O)CCn2cc([N+](=O)[O-])nc2C)cc1S(=O)(=O)N1CCCC1. The molecule has 168 valence electrons. The highest BCUT2D eigenvalue weighted by Crippen LogP contribution is 2.31. The van der Waals surface area contributed by atoms with Crippen LogP contribution in [0.25, 0.3) is 0 Å². The first-order valence-electron chi connectivity index (χ1n) is 9.97.